The highest BCUT2D eigenvalue weighted by atomic mass is 35.5. The summed E-state index contributed by atoms with van der Waals surface area (Å²) in [5.74, 6) is -0.611. The van der Waals surface area contributed by atoms with Crippen molar-refractivity contribution in [3.63, 3.8) is 0 Å². The number of hydrogen-bond donors (Lipinski definition) is 1. The molecule has 0 aliphatic heterocycles. The zero-order valence-corrected chi connectivity index (χ0v) is 13.8. The Morgan fingerprint density at radius 2 is 2.14 bits per heavy atom. The highest BCUT2D eigenvalue weighted by Gasteiger charge is 2.23. The maximum absolute atomic E-state index is 12.0. The van der Waals surface area contributed by atoms with Crippen LogP contribution < -0.4 is 4.72 Å². The van der Waals surface area contributed by atoms with Gasteiger partial charge in [0.25, 0.3) is 5.91 Å². The first-order chi connectivity index (χ1) is 10.3. The fourth-order valence-corrected chi connectivity index (χ4v) is 3.13. The van der Waals surface area contributed by atoms with E-state index >= 15 is 0 Å². The molecule has 6 nitrogen and oxygen atoms in total. The molecule has 1 unspecified atom stereocenters. The molecule has 1 amide bonds. The van der Waals surface area contributed by atoms with E-state index in [-0.39, 0.29) is 13.2 Å². The van der Waals surface area contributed by atoms with Gasteiger partial charge in [-0.25, -0.2) is 8.42 Å². The molecule has 120 valence electrons. The van der Waals surface area contributed by atoms with Gasteiger partial charge >= 0.3 is 0 Å². The number of hydrogen-bond acceptors (Lipinski definition) is 4. The number of nitrogens with zero attached hydrogens (tertiary/aromatic N) is 1. The monoisotopic (exact) mass is 344 g/mol. The molecular formula is C14H17ClN2O4S. The number of nitrogens with one attached hydrogen (secondary N) is 1. The van der Waals surface area contributed by atoms with Crippen LogP contribution >= 0.6 is 11.6 Å². The van der Waals surface area contributed by atoms with Gasteiger partial charge < -0.3 is 9.30 Å². The van der Waals surface area contributed by atoms with Gasteiger partial charge in [0.1, 0.15) is 11.8 Å². The molecule has 0 fully saturated rings. The molecule has 0 aliphatic carbocycles. The van der Waals surface area contributed by atoms with E-state index in [4.69, 9.17) is 16.3 Å². The van der Waals surface area contributed by atoms with Crippen LogP contribution in [0.1, 0.15) is 6.92 Å². The van der Waals surface area contributed by atoms with Gasteiger partial charge in [0.05, 0.1) is 6.61 Å². The first-order valence-corrected chi connectivity index (χ1v) is 8.53. The number of rotatable bonds is 6. The van der Waals surface area contributed by atoms with Crippen molar-refractivity contribution in [3.8, 4) is 0 Å². The average Bonchev–Trinajstić information content (AvgIpc) is 2.81. The van der Waals surface area contributed by atoms with Gasteiger partial charge in [-0.15, -0.1) is 0 Å². The van der Waals surface area contributed by atoms with Crippen LogP contribution in [0.4, 0.5) is 0 Å². The van der Waals surface area contributed by atoms with E-state index < -0.39 is 21.2 Å². The van der Waals surface area contributed by atoms with Crippen molar-refractivity contribution in [2.45, 2.75) is 18.7 Å². The van der Waals surface area contributed by atoms with Crippen LogP contribution in [0.5, 0.6) is 0 Å². The zero-order chi connectivity index (χ0) is 16.3. The normalized spacial score (nSPS) is 13.2. The van der Waals surface area contributed by atoms with Gasteiger partial charge in [-0.05, 0) is 30.5 Å². The molecule has 1 aromatic carbocycles. The maximum atomic E-state index is 12.0. The number of halogens is 1. The molecule has 1 heterocycles. The van der Waals surface area contributed by atoms with Gasteiger partial charge in [-0.2, -0.15) is 0 Å². The molecule has 8 heteroatoms. The topological polar surface area (TPSA) is 77.4 Å². The Hall–Kier alpha value is -1.57. The molecular weight excluding hydrogens is 328 g/mol. The molecule has 0 saturated carbocycles. The van der Waals surface area contributed by atoms with Crippen molar-refractivity contribution < 1.29 is 17.9 Å². The van der Waals surface area contributed by atoms with Crippen LogP contribution in [0.25, 0.3) is 10.9 Å². The van der Waals surface area contributed by atoms with E-state index in [0.717, 1.165) is 10.9 Å². The van der Waals surface area contributed by atoms with Crippen LogP contribution in [-0.2, 0) is 26.1 Å². The van der Waals surface area contributed by atoms with Crippen molar-refractivity contribution >= 4 is 38.4 Å². The van der Waals surface area contributed by atoms with Crippen LogP contribution in [0, 0.1) is 0 Å². The largest absolute Gasteiger partial charge is 0.383 e. The second-order valence-electron chi connectivity index (χ2n) is 4.98. The van der Waals surface area contributed by atoms with Crippen LogP contribution in [-0.4, -0.2) is 37.9 Å². The predicted molar refractivity (Wildman–Crippen MR) is 85.3 cm³/mol. The number of amides is 1. The van der Waals surface area contributed by atoms with E-state index in [0.29, 0.717) is 5.02 Å². The Balaban J connectivity index is 2.13. The summed E-state index contributed by atoms with van der Waals surface area (Å²) in [7, 11) is -2.34. The van der Waals surface area contributed by atoms with Gasteiger partial charge in [-0.1, -0.05) is 17.7 Å². The lowest BCUT2D eigenvalue weighted by Crippen LogP contribution is -2.40. The van der Waals surface area contributed by atoms with E-state index in [2.05, 4.69) is 4.72 Å². The third kappa shape index (κ3) is 3.79. The van der Waals surface area contributed by atoms with Gasteiger partial charge in [0.15, 0.2) is 0 Å². The van der Waals surface area contributed by atoms with Crippen molar-refractivity contribution in [1.29, 1.82) is 0 Å². The Morgan fingerprint density at radius 3 is 2.82 bits per heavy atom. The number of aromatic nitrogens is 1. The molecule has 0 spiro atoms. The summed E-state index contributed by atoms with van der Waals surface area (Å²) >= 11 is 5.94. The average molecular weight is 345 g/mol. The third-order valence-electron chi connectivity index (χ3n) is 3.24. The summed E-state index contributed by atoms with van der Waals surface area (Å²) in [6.07, 6.45) is 1.71. The minimum Gasteiger partial charge on any atom is -0.383 e. The first-order valence-electron chi connectivity index (χ1n) is 6.61. The quantitative estimate of drug-likeness (QED) is 0.866. The summed E-state index contributed by atoms with van der Waals surface area (Å²) in [5, 5.41) is 0.666. The lowest BCUT2D eigenvalue weighted by Gasteiger charge is -2.13. The zero-order valence-electron chi connectivity index (χ0n) is 12.2. The standard InChI is InChI=1S/C14H17ClN2O4S/c1-10(9-21-2)22(19,20)16-14(18)8-17-6-5-11-3-4-12(15)7-13(11)17/h3-7,10H,8-9H2,1-2H3,(H,16,18). The number of fused-ring (bicyclic) bond motifs is 1. The number of carbonyl (C=O) groups is 1. The molecule has 2 aromatic rings. The third-order valence-corrected chi connectivity index (χ3v) is 5.18. The molecule has 2 rings (SSSR count). The second kappa shape index (κ2) is 6.68. The Kier molecular flexibility index (Phi) is 5.10. The van der Waals surface area contributed by atoms with E-state index in [9.17, 15) is 13.2 Å². The van der Waals surface area contributed by atoms with E-state index in [1.54, 1.807) is 22.9 Å². The van der Waals surface area contributed by atoms with Crippen molar-refractivity contribution in [2.24, 2.45) is 0 Å². The number of ether oxygens (including phenoxy) is 1. The Morgan fingerprint density at radius 1 is 1.41 bits per heavy atom. The molecule has 0 aliphatic rings. The minimum absolute atomic E-state index is 0.0185. The van der Waals surface area contributed by atoms with Gasteiger partial charge in [0, 0.05) is 23.8 Å². The molecule has 0 bridgehead atoms. The number of sulfonamides is 1. The Bertz CT molecular complexity index is 785. The van der Waals surface area contributed by atoms with Crippen molar-refractivity contribution in [1.82, 2.24) is 9.29 Å². The predicted octanol–water partition coefficient (Wildman–Crippen LogP) is 1.78. The summed E-state index contributed by atoms with van der Waals surface area (Å²) in [6, 6.07) is 7.15. The van der Waals surface area contributed by atoms with E-state index in [1.807, 2.05) is 12.1 Å². The van der Waals surface area contributed by atoms with E-state index in [1.165, 1.54) is 14.0 Å². The highest BCUT2D eigenvalue weighted by molar-refractivity contribution is 7.90. The fraction of sp³-hybridized carbons (Fsp3) is 0.357. The maximum Gasteiger partial charge on any atom is 0.253 e. The summed E-state index contributed by atoms with van der Waals surface area (Å²) in [6.45, 7) is 1.39. The minimum atomic E-state index is -3.75. The second-order valence-corrected chi connectivity index (χ2v) is 7.52. The van der Waals surface area contributed by atoms with Gasteiger partial charge in [-0.3, -0.25) is 9.52 Å². The van der Waals surface area contributed by atoms with Crippen LogP contribution in [0.15, 0.2) is 30.5 Å². The fourth-order valence-electron chi connectivity index (χ4n) is 2.07. The number of methoxy groups -OCH3 is 1. The first kappa shape index (κ1) is 16.8. The van der Waals surface area contributed by atoms with Crippen LogP contribution in [0.3, 0.4) is 0 Å². The summed E-state index contributed by atoms with van der Waals surface area (Å²) in [5.41, 5.74) is 0.769. The molecule has 0 saturated heterocycles. The SMILES string of the molecule is COCC(C)S(=O)(=O)NC(=O)Cn1ccc2ccc(Cl)cc21. The Labute approximate surface area is 134 Å². The molecule has 1 atom stereocenters. The van der Waals surface area contributed by atoms with Crippen LogP contribution in [0.2, 0.25) is 5.02 Å². The number of carbonyl (C=O) groups excluding carboxylic acids is 1. The molecule has 1 aromatic heterocycles. The molecule has 1 N–H and O–H groups in total. The molecule has 22 heavy (non-hydrogen) atoms. The lowest BCUT2D eigenvalue weighted by molar-refractivity contribution is -0.119. The summed E-state index contributed by atoms with van der Waals surface area (Å²) < 4.78 is 32.4. The molecule has 0 radical (unpaired) electrons. The lowest BCUT2D eigenvalue weighted by atomic mass is 10.2. The smallest absolute Gasteiger partial charge is 0.253 e. The highest BCUT2D eigenvalue weighted by Crippen LogP contribution is 2.20. The van der Waals surface area contributed by atoms with Crippen molar-refractivity contribution in [2.75, 3.05) is 13.7 Å². The van der Waals surface area contributed by atoms with Crippen molar-refractivity contribution in [3.05, 3.63) is 35.5 Å². The number of benzene rings is 1. The van der Waals surface area contributed by atoms with Gasteiger partial charge in [0.2, 0.25) is 10.0 Å². The summed E-state index contributed by atoms with van der Waals surface area (Å²) in [4.78, 5) is 12.0.